The van der Waals surface area contributed by atoms with E-state index >= 15 is 0 Å². The summed E-state index contributed by atoms with van der Waals surface area (Å²) in [5, 5.41) is 10.9. The maximum Gasteiger partial charge on any atom is 0.184 e. The van der Waals surface area contributed by atoms with Crippen molar-refractivity contribution in [1.82, 2.24) is 0 Å². The van der Waals surface area contributed by atoms with Gasteiger partial charge in [0.2, 0.25) is 0 Å². The zero-order valence-corrected chi connectivity index (χ0v) is 16.1. The lowest BCUT2D eigenvalue weighted by molar-refractivity contribution is -0.315. The summed E-state index contributed by atoms with van der Waals surface area (Å²) in [5.41, 5.74) is 0.814. The Bertz CT molecular complexity index is 693. The van der Waals surface area contributed by atoms with Crippen LogP contribution in [-0.2, 0) is 33.2 Å². The number of aliphatic hydroxyl groups excluding tert-OH is 1. The Balaban J connectivity index is 1.52. The van der Waals surface area contributed by atoms with E-state index in [-0.39, 0.29) is 19.0 Å². The number of benzene rings is 1. The topological polar surface area (TPSA) is 92.7 Å². The van der Waals surface area contributed by atoms with Crippen molar-refractivity contribution < 1.29 is 38.3 Å². The zero-order valence-electron chi connectivity index (χ0n) is 16.1. The van der Waals surface area contributed by atoms with E-state index in [1.807, 2.05) is 30.3 Å². The van der Waals surface area contributed by atoms with Gasteiger partial charge < -0.3 is 33.5 Å². The lowest BCUT2D eigenvalue weighted by Gasteiger charge is -2.45. The third kappa shape index (κ3) is 3.73. The van der Waals surface area contributed by atoms with Crippen LogP contribution in [0, 0.1) is 5.92 Å². The second-order valence-electron chi connectivity index (χ2n) is 7.70. The van der Waals surface area contributed by atoms with Crippen molar-refractivity contribution in [2.45, 2.75) is 56.6 Å². The molecular formula is C20H26O8. The second-order valence-corrected chi connectivity index (χ2v) is 7.70. The van der Waals surface area contributed by atoms with Crippen molar-refractivity contribution in [3.63, 3.8) is 0 Å². The third-order valence-electron chi connectivity index (χ3n) is 5.31. The Hall–Kier alpha value is -1.39. The van der Waals surface area contributed by atoms with Crippen LogP contribution in [0.15, 0.2) is 30.3 Å². The summed E-state index contributed by atoms with van der Waals surface area (Å²) in [4.78, 5) is 13.3. The molecule has 3 fully saturated rings. The average Bonchev–Trinajstić information content (AvgIpc) is 3.07. The van der Waals surface area contributed by atoms with Gasteiger partial charge in [0.1, 0.15) is 24.2 Å². The van der Waals surface area contributed by atoms with E-state index in [9.17, 15) is 9.90 Å². The van der Waals surface area contributed by atoms with E-state index in [0.717, 1.165) is 5.56 Å². The van der Waals surface area contributed by atoms with Crippen molar-refractivity contribution in [3.05, 3.63) is 35.9 Å². The SMILES string of the molecule is CO[C@H]1O[C@@H]2CO[C@@H](c3ccccc3)O[C@H]2C(=O)[C@H]1[C@H](O)[C@H]1COC(C)(C)O1. The third-order valence-corrected chi connectivity index (χ3v) is 5.31. The van der Waals surface area contributed by atoms with Gasteiger partial charge in [0.15, 0.2) is 24.2 Å². The number of Topliss-reactive ketones (excluding diaryl/α,β-unsaturated/α-hetero) is 1. The van der Waals surface area contributed by atoms with Crippen LogP contribution in [0.25, 0.3) is 0 Å². The molecule has 8 nitrogen and oxygen atoms in total. The van der Waals surface area contributed by atoms with E-state index in [1.165, 1.54) is 7.11 Å². The van der Waals surface area contributed by atoms with Crippen LogP contribution in [0.2, 0.25) is 0 Å². The minimum absolute atomic E-state index is 0.180. The monoisotopic (exact) mass is 394 g/mol. The van der Waals surface area contributed by atoms with Gasteiger partial charge in [-0.25, -0.2) is 0 Å². The summed E-state index contributed by atoms with van der Waals surface area (Å²) < 4.78 is 34.2. The summed E-state index contributed by atoms with van der Waals surface area (Å²) in [6.07, 6.45) is -4.86. The number of rotatable bonds is 4. The van der Waals surface area contributed by atoms with Gasteiger partial charge in [-0.05, 0) is 13.8 Å². The molecule has 0 aliphatic carbocycles. The van der Waals surface area contributed by atoms with Crippen molar-refractivity contribution in [2.75, 3.05) is 20.3 Å². The van der Waals surface area contributed by atoms with Crippen LogP contribution in [-0.4, -0.2) is 67.7 Å². The van der Waals surface area contributed by atoms with Gasteiger partial charge in [0.25, 0.3) is 0 Å². The number of ketones is 1. The predicted molar refractivity (Wildman–Crippen MR) is 95.1 cm³/mol. The highest BCUT2D eigenvalue weighted by molar-refractivity contribution is 5.88. The highest BCUT2D eigenvalue weighted by Crippen LogP contribution is 2.37. The number of hydrogen-bond donors (Lipinski definition) is 1. The summed E-state index contributed by atoms with van der Waals surface area (Å²) >= 11 is 0. The molecule has 0 spiro atoms. The van der Waals surface area contributed by atoms with E-state index in [4.69, 9.17) is 28.4 Å². The Morgan fingerprint density at radius 3 is 2.57 bits per heavy atom. The van der Waals surface area contributed by atoms with E-state index in [0.29, 0.717) is 0 Å². The van der Waals surface area contributed by atoms with Crippen molar-refractivity contribution in [3.8, 4) is 0 Å². The largest absolute Gasteiger partial charge is 0.389 e. The number of aliphatic hydroxyl groups is 1. The van der Waals surface area contributed by atoms with Gasteiger partial charge in [-0.2, -0.15) is 0 Å². The van der Waals surface area contributed by atoms with Crippen LogP contribution >= 0.6 is 0 Å². The number of methoxy groups -OCH3 is 1. The number of hydrogen-bond acceptors (Lipinski definition) is 8. The molecule has 3 heterocycles. The maximum absolute atomic E-state index is 13.3. The number of ether oxygens (including phenoxy) is 6. The number of carbonyl (C=O) groups is 1. The zero-order chi connectivity index (χ0) is 19.9. The Morgan fingerprint density at radius 1 is 1.18 bits per heavy atom. The summed E-state index contributed by atoms with van der Waals surface area (Å²) in [6.45, 7) is 3.89. The molecular weight excluding hydrogens is 368 g/mol. The fourth-order valence-corrected chi connectivity index (χ4v) is 3.90. The van der Waals surface area contributed by atoms with E-state index in [1.54, 1.807) is 13.8 Å². The number of fused-ring (bicyclic) bond motifs is 1. The summed E-state index contributed by atoms with van der Waals surface area (Å²) in [6, 6.07) is 9.38. The van der Waals surface area contributed by atoms with Crippen LogP contribution in [0.1, 0.15) is 25.7 Å². The Morgan fingerprint density at radius 2 is 1.93 bits per heavy atom. The molecule has 1 N–H and O–H groups in total. The Kier molecular flexibility index (Phi) is 5.54. The molecule has 0 radical (unpaired) electrons. The van der Waals surface area contributed by atoms with Crippen molar-refractivity contribution >= 4 is 5.78 Å². The first-order valence-electron chi connectivity index (χ1n) is 9.43. The second kappa shape index (κ2) is 7.79. The molecule has 28 heavy (non-hydrogen) atoms. The normalized spacial score (nSPS) is 38.8. The smallest absolute Gasteiger partial charge is 0.184 e. The van der Waals surface area contributed by atoms with Crippen LogP contribution < -0.4 is 0 Å². The minimum atomic E-state index is -1.15. The molecule has 1 aromatic carbocycles. The molecule has 7 atom stereocenters. The van der Waals surface area contributed by atoms with Crippen LogP contribution in [0.5, 0.6) is 0 Å². The van der Waals surface area contributed by atoms with Crippen LogP contribution in [0.4, 0.5) is 0 Å². The molecule has 0 saturated carbocycles. The molecule has 8 heteroatoms. The molecule has 154 valence electrons. The first-order valence-corrected chi connectivity index (χ1v) is 9.43. The first kappa shape index (κ1) is 19.9. The average molecular weight is 394 g/mol. The quantitative estimate of drug-likeness (QED) is 0.814. The van der Waals surface area contributed by atoms with Gasteiger partial charge in [-0.3, -0.25) is 4.79 Å². The molecule has 3 aliphatic rings. The molecule has 0 unspecified atom stereocenters. The number of carbonyl (C=O) groups excluding carboxylic acids is 1. The van der Waals surface area contributed by atoms with Gasteiger partial charge in [0.05, 0.1) is 19.3 Å². The van der Waals surface area contributed by atoms with Crippen molar-refractivity contribution in [2.24, 2.45) is 5.92 Å². The summed E-state index contributed by atoms with van der Waals surface area (Å²) in [5.74, 6) is -2.06. The fourth-order valence-electron chi connectivity index (χ4n) is 3.90. The molecule has 3 aliphatic heterocycles. The van der Waals surface area contributed by atoms with Crippen molar-refractivity contribution in [1.29, 1.82) is 0 Å². The van der Waals surface area contributed by atoms with Gasteiger partial charge in [-0.15, -0.1) is 0 Å². The molecule has 0 amide bonds. The van der Waals surface area contributed by atoms with E-state index in [2.05, 4.69) is 0 Å². The molecule has 4 rings (SSSR count). The van der Waals surface area contributed by atoms with Gasteiger partial charge in [-0.1, -0.05) is 30.3 Å². The molecule has 1 aromatic rings. The Labute approximate surface area is 163 Å². The molecule has 0 aromatic heterocycles. The molecule has 3 saturated heterocycles. The minimum Gasteiger partial charge on any atom is -0.389 e. The van der Waals surface area contributed by atoms with Gasteiger partial charge in [0, 0.05) is 12.7 Å². The van der Waals surface area contributed by atoms with Gasteiger partial charge >= 0.3 is 0 Å². The van der Waals surface area contributed by atoms with E-state index < -0.39 is 48.7 Å². The van der Waals surface area contributed by atoms with Crippen LogP contribution in [0.3, 0.4) is 0 Å². The lowest BCUT2D eigenvalue weighted by atomic mass is 9.85. The molecule has 0 bridgehead atoms. The predicted octanol–water partition coefficient (Wildman–Crippen LogP) is 1.17. The maximum atomic E-state index is 13.3. The fraction of sp³-hybridized carbons (Fsp3) is 0.650. The summed E-state index contributed by atoms with van der Waals surface area (Å²) in [7, 11) is 1.44. The lowest BCUT2D eigenvalue weighted by Crippen LogP contribution is -2.61. The first-order chi connectivity index (χ1) is 13.4. The standard InChI is InChI=1S/C20H26O8/c1-20(2)25-10-12(28-20)15(21)14-16(22)17-13(26-19(14)23-3)9-24-18(27-17)11-7-5-4-6-8-11/h4-8,12-15,17-19,21H,9-10H2,1-3H3/t12-,13-,14-,15-,17-,18-,19+/m1/s1. The highest BCUT2D eigenvalue weighted by atomic mass is 16.8. The highest BCUT2D eigenvalue weighted by Gasteiger charge is 2.54.